The fourth-order valence-electron chi connectivity index (χ4n) is 3.46. The van der Waals surface area contributed by atoms with E-state index in [9.17, 15) is 9.90 Å². The van der Waals surface area contributed by atoms with Gasteiger partial charge in [0.1, 0.15) is 5.69 Å². The number of hydrogen-bond acceptors (Lipinski definition) is 2. The van der Waals surface area contributed by atoms with Crippen LogP contribution in [-0.2, 0) is 7.05 Å². The van der Waals surface area contributed by atoms with Crippen molar-refractivity contribution in [3.63, 3.8) is 0 Å². The number of benzene rings is 1. The van der Waals surface area contributed by atoms with Gasteiger partial charge in [-0.15, -0.1) is 0 Å². The monoisotopic (exact) mass is 300 g/mol. The maximum atomic E-state index is 12.8. The number of rotatable bonds is 3. The number of carbonyl (C=O) groups excluding carboxylic acids is 1. The second-order valence-electron chi connectivity index (χ2n) is 6.45. The number of carbonyl (C=O) groups is 1. The third-order valence-corrected chi connectivity index (χ3v) is 5.37. The summed E-state index contributed by atoms with van der Waals surface area (Å²) in [6, 6.07) is 10.0. The molecule has 0 saturated carbocycles. The fourth-order valence-corrected chi connectivity index (χ4v) is 3.46. The van der Waals surface area contributed by atoms with Crippen LogP contribution in [0.5, 0.6) is 0 Å². The zero-order chi connectivity index (χ0) is 15.7. The molecule has 0 aliphatic carbocycles. The smallest absolute Gasteiger partial charge is 0.270 e. The van der Waals surface area contributed by atoms with E-state index in [-0.39, 0.29) is 17.9 Å². The van der Waals surface area contributed by atoms with Crippen molar-refractivity contribution in [1.29, 1.82) is 0 Å². The minimum Gasteiger partial charge on any atom is -0.396 e. The summed E-state index contributed by atoms with van der Waals surface area (Å²) in [5.74, 6) is 0.0985. The first-order valence-corrected chi connectivity index (χ1v) is 8.05. The van der Waals surface area contributed by atoms with Gasteiger partial charge in [-0.25, -0.2) is 0 Å². The van der Waals surface area contributed by atoms with Crippen molar-refractivity contribution in [3.8, 4) is 0 Å². The largest absolute Gasteiger partial charge is 0.396 e. The van der Waals surface area contributed by atoms with Crippen LogP contribution in [-0.4, -0.2) is 40.2 Å². The summed E-state index contributed by atoms with van der Waals surface area (Å²) in [7, 11) is 1.95. The van der Waals surface area contributed by atoms with Crippen LogP contribution in [0.2, 0.25) is 0 Å². The minimum atomic E-state index is 0.00963. The molecule has 4 heteroatoms. The molecule has 22 heavy (non-hydrogen) atoms. The third-order valence-electron chi connectivity index (χ3n) is 5.37. The Balaban J connectivity index is 1.81. The zero-order valence-electron chi connectivity index (χ0n) is 13.4. The molecule has 3 rings (SSSR count). The Hall–Kier alpha value is -1.81. The van der Waals surface area contributed by atoms with Crippen molar-refractivity contribution in [2.24, 2.45) is 12.5 Å². The lowest BCUT2D eigenvalue weighted by atomic mass is 9.77. The van der Waals surface area contributed by atoms with Gasteiger partial charge in [-0.3, -0.25) is 4.79 Å². The molecule has 1 aromatic carbocycles. The molecular formula is C18H24N2O2. The maximum Gasteiger partial charge on any atom is 0.270 e. The first-order chi connectivity index (χ1) is 10.6. The van der Waals surface area contributed by atoms with Gasteiger partial charge in [0.15, 0.2) is 0 Å². The summed E-state index contributed by atoms with van der Waals surface area (Å²) < 4.78 is 1.98. The van der Waals surface area contributed by atoms with Crippen LogP contribution in [0.25, 0.3) is 10.9 Å². The van der Waals surface area contributed by atoms with Crippen LogP contribution in [0.1, 0.15) is 36.7 Å². The lowest BCUT2D eigenvalue weighted by molar-refractivity contribution is 0.0333. The van der Waals surface area contributed by atoms with E-state index in [1.807, 2.05) is 46.8 Å². The molecular weight excluding hydrogens is 276 g/mol. The Labute approximate surface area is 131 Å². The number of para-hydroxylation sites is 1. The zero-order valence-corrected chi connectivity index (χ0v) is 13.4. The standard InChI is InChI=1S/C18H24N2O2/c1-3-18(13-21)8-10-20(11-9-18)17(22)16-12-14-6-4-5-7-15(14)19(16)2/h4-7,12,21H,3,8-11,13H2,1-2H3. The lowest BCUT2D eigenvalue weighted by Gasteiger charge is -2.40. The average molecular weight is 300 g/mol. The van der Waals surface area contributed by atoms with E-state index < -0.39 is 0 Å². The van der Waals surface area contributed by atoms with Gasteiger partial charge in [-0.1, -0.05) is 25.1 Å². The number of amides is 1. The van der Waals surface area contributed by atoms with E-state index in [4.69, 9.17) is 0 Å². The van der Waals surface area contributed by atoms with E-state index >= 15 is 0 Å². The lowest BCUT2D eigenvalue weighted by Crippen LogP contribution is -2.44. The highest BCUT2D eigenvalue weighted by Crippen LogP contribution is 2.34. The number of aryl methyl sites for hydroxylation is 1. The van der Waals surface area contributed by atoms with Gasteiger partial charge in [0.05, 0.1) is 0 Å². The summed E-state index contributed by atoms with van der Waals surface area (Å²) in [6.07, 6.45) is 2.74. The van der Waals surface area contributed by atoms with E-state index in [0.717, 1.165) is 48.9 Å². The van der Waals surface area contributed by atoms with Gasteiger partial charge in [0.25, 0.3) is 5.91 Å². The van der Waals surface area contributed by atoms with Gasteiger partial charge in [0.2, 0.25) is 0 Å². The van der Waals surface area contributed by atoms with Crippen molar-refractivity contribution < 1.29 is 9.90 Å². The second kappa shape index (κ2) is 5.76. The number of aliphatic hydroxyl groups excluding tert-OH is 1. The summed E-state index contributed by atoms with van der Waals surface area (Å²) in [5, 5.41) is 10.7. The number of aromatic nitrogens is 1. The number of fused-ring (bicyclic) bond motifs is 1. The predicted octanol–water partition coefficient (Wildman–Crippen LogP) is 2.80. The quantitative estimate of drug-likeness (QED) is 0.947. The summed E-state index contributed by atoms with van der Waals surface area (Å²) in [5.41, 5.74) is 1.84. The Morgan fingerprint density at radius 3 is 2.55 bits per heavy atom. The molecule has 2 heterocycles. The van der Waals surface area contributed by atoms with E-state index in [1.54, 1.807) is 0 Å². The molecule has 0 radical (unpaired) electrons. The van der Waals surface area contributed by atoms with Gasteiger partial charge in [-0.05, 0) is 36.8 Å². The predicted molar refractivity (Wildman–Crippen MR) is 87.9 cm³/mol. The first kappa shape index (κ1) is 15.1. The van der Waals surface area contributed by atoms with E-state index in [2.05, 4.69) is 6.92 Å². The molecule has 1 amide bonds. The van der Waals surface area contributed by atoms with Crippen LogP contribution in [0.4, 0.5) is 0 Å². The van der Waals surface area contributed by atoms with Gasteiger partial charge in [0, 0.05) is 37.6 Å². The van der Waals surface area contributed by atoms with E-state index in [1.165, 1.54) is 0 Å². The van der Waals surface area contributed by atoms with Crippen LogP contribution < -0.4 is 0 Å². The minimum absolute atomic E-state index is 0.00963. The van der Waals surface area contributed by atoms with Crippen LogP contribution >= 0.6 is 0 Å². The van der Waals surface area contributed by atoms with Crippen molar-refractivity contribution in [2.45, 2.75) is 26.2 Å². The third kappa shape index (κ3) is 2.41. The highest BCUT2D eigenvalue weighted by Gasteiger charge is 2.34. The molecule has 1 fully saturated rings. The average Bonchev–Trinajstić information content (AvgIpc) is 2.92. The van der Waals surface area contributed by atoms with Gasteiger partial charge < -0.3 is 14.6 Å². The Bertz CT molecular complexity index is 675. The van der Waals surface area contributed by atoms with Gasteiger partial charge >= 0.3 is 0 Å². The van der Waals surface area contributed by atoms with Crippen LogP contribution in [0.3, 0.4) is 0 Å². The second-order valence-corrected chi connectivity index (χ2v) is 6.45. The SMILES string of the molecule is CCC1(CO)CCN(C(=O)c2cc3ccccc3n2C)CC1. The number of nitrogens with zero attached hydrogens (tertiary/aromatic N) is 2. The Morgan fingerprint density at radius 2 is 1.95 bits per heavy atom. The number of aliphatic hydroxyl groups is 1. The molecule has 1 aliphatic heterocycles. The molecule has 1 N–H and O–H groups in total. The molecule has 118 valence electrons. The molecule has 0 atom stereocenters. The molecule has 0 spiro atoms. The topological polar surface area (TPSA) is 45.5 Å². The van der Waals surface area contributed by atoms with Crippen molar-refractivity contribution in [2.75, 3.05) is 19.7 Å². The van der Waals surface area contributed by atoms with Crippen molar-refractivity contribution in [1.82, 2.24) is 9.47 Å². The Morgan fingerprint density at radius 1 is 1.27 bits per heavy atom. The number of hydrogen-bond donors (Lipinski definition) is 1. The first-order valence-electron chi connectivity index (χ1n) is 8.05. The van der Waals surface area contributed by atoms with Gasteiger partial charge in [-0.2, -0.15) is 0 Å². The maximum absolute atomic E-state index is 12.8. The molecule has 0 bridgehead atoms. The highest BCUT2D eigenvalue weighted by atomic mass is 16.3. The summed E-state index contributed by atoms with van der Waals surface area (Å²) in [4.78, 5) is 14.7. The molecule has 1 aliphatic rings. The van der Waals surface area contributed by atoms with Crippen LogP contribution in [0, 0.1) is 5.41 Å². The molecule has 1 aromatic heterocycles. The fraction of sp³-hybridized carbons (Fsp3) is 0.500. The van der Waals surface area contributed by atoms with Crippen molar-refractivity contribution in [3.05, 3.63) is 36.0 Å². The molecule has 0 unspecified atom stereocenters. The normalized spacial score (nSPS) is 17.9. The van der Waals surface area contributed by atoms with E-state index in [0.29, 0.717) is 0 Å². The summed E-state index contributed by atoms with van der Waals surface area (Å²) >= 11 is 0. The molecule has 4 nitrogen and oxygen atoms in total. The summed E-state index contributed by atoms with van der Waals surface area (Å²) in [6.45, 7) is 3.81. The van der Waals surface area contributed by atoms with Crippen molar-refractivity contribution >= 4 is 16.8 Å². The number of piperidine rings is 1. The number of likely N-dealkylation sites (tertiary alicyclic amines) is 1. The molecule has 2 aromatic rings. The highest BCUT2D eigenvalue weighted by molar-refractivity contribution is 5.98. The molecule has 1 saturated heterocycles. The Kier molecular flexibility index (Phi) is 3.96. The van der Waals surface area contributed by atoms with Crippen LogP contribution in [0.15, 0.2) is 30.3 Å².